The molecule has 6 heteroatoms. The number of esters is 2. The highest BCUT2D eigenvalue weighted by atomic mass is 16.6. The maximum absolute atomic E-state index is 12.7. The molecule has 146 valence electrons. The van der Waals surface area contributed by atoms with E-state index in [1.165, 1.54) is 0 Å². The standard InChI is InChI=1S/C22H23NO5/c1-4-27-20(24)22(26,21(25)28-5-2)19-18(15-11-7-6-10-14(15)3)16-12-8-9-13-17(16)23-19/h6-13,23,26H,4-5H2,1-3H3. The van der Waals surface area contributed by atoms with Crippen molar-refractivity contribution in [3.8, 4) is 11.1 Å². The van der Waals surface area contributed by atoms with Gasteiger partial charge in [0.05, 0.1) is 18.9 Å². The minimum atomic E-state index is -2.61. The smallest absolute Gasteiger partial charge is 0.356 e. The first kappa shape index (κ1) is 19.6. The number of hydrogen-bond donors (Lipinski definition) is 2. The number of aliphatic hydroxyl groups is 1. The van der Waals surface area contributed by atoms with E-state index in [1.807, 2.05) is 55.5 Å². The number of aromatic amines is 1. The second-order valence-corrected chi connectivity index (χ2v) is 6.39. The van der Waals surface area contributed by atoms with Crippen molar-refractivity contribution < 1.29 is 24.2 Å². The Bertz CT molecular complexity index is 1000. The summed E-state index contributed by atoms with van der Waals surface area (Å²) in [7, 11) is 0. The summed E-state index contributed by atoms with van der Waals surface area (Å²) < 4.78 is 10.1. The third-order valence-corrected chi connectivity index (χ3v) is 4.62. The molecule has 0 atom stereocenters. The van der Waals surface area contributed by atoms with Crippen LogP contribution < -0.4 is 0 Å². The Morgan fingerprint density at radius 2 is 1.54 bits per heavy atom. The van der Waals surface area contributed by atoms with Crippen LogP contribution in [0.1, 0.15) is 25.1 Å². The number of para-hydroxylation sites is 1. The number of carbonyl (C=O) groups is 2. The third kappa shape index (κ3) is 3.16. The van der Waals surface area contributed by atoms with E-state index in [0.29, 0.717) is 11.1 Å². The molecular weight excluding hydrogens is 358 g/mol. The molecule has 2 aromatic carbocycles. The Labute approximate surface area is 163 Å². The highest BCUT2D eigenvalue weighted by molar-refractivity contribution is 6.09. The van der Waals surface area contributed by atoms with Gasteiger partial charge < -0.3 is 19.6 Å². The van der Waals surface area contributed by atoms with Crippen molar-refractivity contribution in [2.24, 2.45) is 0 Å². The van der Waals surface area contributed by atoms with Gasteiger partial charge in [0.25, 0.3) is 0 Å². The summed E-state index contributed by atoms with van der Waals surface area (Å²) in [5.41, 5.74) is 0.411. The van der Waals surface area contributed by atoms with E-state index in [0.717, 1.165) is 16.5 Å². The van der Waals surface area contributed by atoms with E-state index in [-0.39, 0.29) is 18.9 Å². The van der Waals surface area contributed by atoms with Crippen molar-refractivity contribution in [1.29, 1.82) is 0 Å². The summed E-state index contributed by atoms with van der Waals surface area (Å²) in [6.07, 6.45) is 0. The lowest BCUT2D eigenvalue weighted by atomic mass is 9.90. The molecule has 6 nitrogen and oxygen atoms in total. The fraction of sp³-hybridized carbons (Fsp3) is 0.273. The van der Waals surface area contributed by atoms with Gasteiger partial charge >= 0.3 is 17.5 Å². The van der Waals surface area contributed by atoms with Gasteiger partial charge in [-0.1, -0.05) is 42.5 Å². The first-order valence-electron chi connectivity index (χ1n) is 9.19. The van der Waals surface area contributed by atoms with Crippen molar-refractivity contribution in [2.75, 3.05) is 13.2 Å². The number of nitrogens with one attached hydrogen (secondary N) is 1. The molecule has 3 rings (SSSR count). The van der Waals surface area contributed by atoms with Gasteiger partial charge in [0.2, 0.25) is 0 Å². The summed E-state index contributed by atoms with van der Waals surface area (Å²) in [5, 5.41) is 12.1. The minimum Gasteiger partial charge on any atom is -0.463 e. The molecule has 0 aliphatic heterocycles. The van der Waals surface area contributed by atoms with E-state index in [9.17, 15) is 14.7 Å². The molecule has 0 aliphatic carbocycles. The van der Waals surface area contributed by atoms with Crippen LogP contribution in [0.25, 0.3) is 22.0 Å². The number of benzene rings is 2. The average molecular weight is 381 g/mol. The van der Waals surface area contributed by atoms with Gasteiger partial charge in [-0.25, -0.2) is 9.59 Å². The van der Waals surface area contributed by atoms with Crippen molar-refractivity contribution >= 4 is 22.8 Å². The summed E-state index contributed by atoms with van der Waals surface area (Å²) in [4.78, 5) is 28.5. The number of aromatic nitrogens is 1. The number of hydrogen-bond acceptors (Lipinski definition) is 5. The fourth-order valence-electron chi connectivity index (χ4n) is 3.31. The number of fused-ring (bicyclic) bond motifs is 1. The third-order valence-electron chi connectivity index (χ3n) is 4.62. The largest absolute Gasteiger partial charge is 0.463 e. The minimum absolute atomic E-state index is 0.0144. The monoisotopic (exact) mass is 381 g/mol. The predicted molar refractivity (Wildman–Crippen MR) is 106 cm³/mol. The van der Waals surface area contributed by atoms with Crippen molar-refractivity contribution in [2.45, 2.75) is 26.4 Å². The zero-order valence-corrected chi connectivity index (χ0v) is 16.1. The Morgan fingerprint density at radius 3 is 2.14 bits per heavy atom. The molecule has 0 radical (unpaired) electrons. The quantitative estimate of drug-likeness (QED) is 0.504. The van der Waals surface area contributed by atoms with Crippen molar-refractivity contribution in [3.63, 3.8) is 0 Å². The Morgan fingerprint density at radius 1 is 0.964 bits per heavy atom. The van der Waals surface area contributed by atoms with Gasteiger partial charge in [-0.05, 0) is 38.0 Å². The van der Waals surface area contributed by atoms with Crippen LogP contribution in [-0.4, -0.2) is 35.2 Å². The van der Waals surface area contributed by atoms with Crippen molar-refractivity contribution in [3.05, 3.63) is 59.8 Å². The number of rotatable bonds is 6. The van der Waals surface area contributed by atoms with Crippen molar-refractivity contribution in [1.82, 2.24) is 4.98 Å². The van der Waals surface area contributed by atoms with E-state index in [1.54, 1.807) is 13.8 Å². The first-order chi connectivity index (χ1) is 13.4. The molecule has 0 unspecified atom stereocenters. The van der Waals surface area contributed by atoms with Gasteiger partial charge in [0.15, 0.2) is 0 Å². The molecule has 1 aromatic heterocycles. The van der Waals surface area contributed by atoms with Gasteiger partial charge in [0, 0.05) is 16.5 Å². The molecular formula is C22H23NO5. The number of carbonyl (C=O) groups excluding carboxylic acids is 2. The summed E-state index contributed by atoms with van der Waals surface area (Å²) in [6.45, 7) is 5.17. The maximum Gasteiger partial charge on any atom is 0.356 e. The van der Waals surface area contributed by atoms with Crippen LogP contribution in [0.5, 0.6) is 0 Å². The van der Waals surface area contributed by atoms with E-state index in [2.05, 4.69) is 4.98 Å². The lowest BCUT2D eigenvalue weighted by molar-refractivity contribution is -0.185. The zero-order chi connectivity index (χ0) is 20.3. The Kier molecular flexibility index (Phi) is 5.51. The number of aryl methyl sites for hydroxylation is 1. The van der Waals surface area contributed by atoms with Gasteiger partial charge in [-0.15, -0.1) is 0 Å². The first-order valence-corrected chi connectivity index (χ1v) is 9.19. The lowest BCUT2D eigenvalue weighted by Gasteiger charge is -2.24. The van der Waals surface area contributed by atoms with Gasteiger partial charge in [-0.2, -0.15) is 0 Å². The van der Waals surface area contributed by atoms with Crippen LogP contribution >= 0.6 is 0 Å². The normalized spacial score (nSPS) is 11.4. The molecule has 1 heterocycles. The van der Waals surface area contributed by atoms with Gasteiger partial charge in [0.1, 0.15) is 0 Å². The SMILES string of the molecule is CCOC(=O)C(O)(C(=O)OCC)c1[nH]c2ccccc2c1-c1ccccc1C. The predicted octanol–water partition coefficient (Wildman–Crippen LogP) is 3.46. The second-order valence-electron chi connectivity index (χ2n) is 6.39. The molecule has 0 fully saturated rings. The summed E-state index contributed by atoms with van der Waals surface area (Å²) in [5.74, 6) is -2.15. The maximum atomic E-state index is 12.7. The second kappa shape index (κ2) is 7.86. The highest BCUT2D eigenvalue weighted by Gasteiger charge is 2.52. The van der Waals surface area contributed by atoms with Gasteiger partial charge in [-0.3, -0.25) is 0 Å². The fourth-order valence-corrected chi connectivity index (χ4v) is 3.31. The zero-order valence-electron chi connectivity index (χ0n) is 16.1. The van der Waals surface area contributed by atoms with Crippen LogP contribution in [0.3, 0.4) is 0 Å². The molecule has 0 spiro atoms. The number of H-pyrrole nitrogens is 1. The molecule has 0 amide bonds. The van der Waals surface area contributed by atoms with E-state index in [4.69, 9.17) is 9.47 Å². The summed E-state index contributed by atoms with van der Waals surface area (Å²) >= 11 is 0. The van der Waals surface area contributed by atoms with Crippen LogP contribution in [0, 0.1) is 6.92 Å². The highest BCUT2D eigenvalue weighted by Crippen LogP contribution is 2.40. The van der Waals surface area contributed by atoms with Crippen LogP contribution in [-0.2, 0) is 24.7 Å². The summed E-state index contributed by atoms with van der Waals surface area (Å²) in [6, 6.07) is 14.9. The van der Waals surface area contributed by atoms with Crippen LogP contribution in [0.4, 0.5) is 0 Å². The Balaban J connectivity index is 2.37. The molecule has 28 heavy (non-hydrogen) atoms. The lowest BCUT2D eigenvalue weighted by Crippen LogP contribution is -2.46. The average Bonchev–Trinajstić information content (AvgIpc) is 3.08. The molecule has 0 bridgehead atoms. The molecule has 0 saturated carbocycles. The number of ether oxygens (including phenoxy) is 2. The van der Waals surface area contributed by atoms with Crippen LogP contribution in [0.2, 0.25) is 0 Å². The Hall–Kier alpha value is -3.12. The molecule has 3 aromatic rings. The molecule has 2 N–H and O–H groups in total. The molecule has 0 aliphatic rings. The van der Waals surface area contributed by atoms with Crippen LogP contribution in [0.15, 0.2) is 48.5 Å². The van der Waals surface area contributed by atoms with E-state index < -0.39 is 17.5 Å². The topological polar surface area (TPSA) is 88.6 Å². The van der Waals surface area contributed by atoms with E-state index >= 15 is 0 Å². The molecule has 0 saturated heterocycles.